The average Bonchev–Trinajstić information content (AvgIpc) is 2.68. The molecule has 4 nitrogen and oxygen atoms in total. The zero-order valence-corrected chi connectivity index (χ0v) is 10.7. The molecular weight excluding hydrogens is 232 g/mol. The van der Waals surface area contributed by atoms with E-state index >= 15 is 0 Å². The standard InChI is InChI=1S/C14H16O4/c1-14(2,13(15)16)8-11-6-9-4-5-10(17-3)7-12(9)18-11/h4-7H,8H2,1-3H3,(H,15,16). The van der Waals surface area contributed by atoms with Gasteiger partial charge in [-0.3, -0.25) is 4.79 Å². The Hall–Kier alpha value is -1.97. The van der Waals surface area contributed by atoms with Gasteiger partial charge in [0.1, 0.15) is 17.1 Å². The van der Waals surface area contributed by atoms with Gasteiger partial charge in [0.2, 0.25) is 0 Å². The first kappa shape index (κ1) is 12.5. The maximum absolute atomic E-state index is 11.1. The lowest BCUT2D eigenvalue weighted by atomic mass is 9.88. The number of hydrogen-bond donors (Lipinski definition) is 1. The summed E-state index contributed by atoms with van der Waals surface area (Å²) < 4.78 is 10.8. The van der Waals surface area contributed by atoms with Gasteiger partial charge in [0, 0.05) is 17.9 Å². The molecule has 0 amide bonds. The summed E-state index contributed by atoms with van der Waals surface area (Å²) in [5, 5.41) is 10.0. The van der Waals surface area contributed by atoms with Crippen molar-refractivity contribution in [2.24, 2.45) is 5.41 Å². The zero-order valence-electron chi connectivity index (χ0n) is 10.7. The number of rotatable bonds is 4. The van der Waals surface area contributed by atoms with E-state index in [4.69, 9.17) is 14.3 Å². The van der Waals surface area contributed by atoms with E-state index in [-0.39, 0.29) is 0 Å². The number of ether oxygens (including phenoxy) is 1. The molecule has 1 N–H and O–H groups in total. The molecule has 1 aromatic carbocycles. The number of aliphatic carboxylic acids is 1. The minimum Gasteiger partial charge on any atom is -0.497 e. The molecule has 0 saturated heterocycles. The second-order valence-corrected chi connectivity index (χ2v) is 4.98. The lowest BCUT2D eigenvalue weighted by Crippen LogP contribution is -2.25. The quantitative estimate of drug-likeness (QED) is 0.903. The summed E-state index contributed by atoms with van der Waals surface area (Å²) in [6.45, 7) is 3.37. The van der Waals surface area contributed by atoms with Crippen LogP contribution in [0.4, 0.5) is 0 Å². The second kappa shape index (κ2) is 4.37. The summed E-state index contributed by atoms with van der Waals surface area (Å²) in [5.41, 5.74) is -0.122. The minimum atomic E-state index is -0.835. The largest absolute Gasteiger partial charge is 0.497 e. The zero-order chi connectivity index (χ0) is 13.3. The van der Waals surface area contributed by atoms with E-state index in [9.17, 15) is 4.79 Å². The van der Waals surface area contributed by atoms with Gasteiger partial charge in [-0.1, -0.05) is 0 Å². The van der Waals surface area contributed by atoms with Gasteiger partial charge in [0.05, 0.1) is 12.5 Å². The van der Waals surface area contributed by atoms with Crippen molar-refractivity contribution in [1.82, 2.24) is 0 Å². The summed E-state index contributed by atoms with van der Waals surface area (Å²) in [7, 11) is 1.60. The van der Waals surface area contributed by atoms with E-state index < -0.39 is 11.4 Å². The smallest absolute Gasteiger partial charge is 0.309 e. The third-order valence-electron chi connectivity index (χ3n) is 2.97. The summed E-state index contributed by atoms with van der Waals surface area (Å²) in [4.78, 5) is 11.1. The molecule has 0 radical (unpaired) electrons. The van der Waals surface area contributed by atoms with Crippen LogP contribution in [-0.2, 0) is 11.2 Å². The van der Waals surface area contributed by atoms with Crippen LogP contribution >= 0.6 is 0 Å². The maximum atomic E-state index is 11.1. The fourth-order valence-corrected chi connectivity index (χ4v) is 1.79. The van der Waals surface area contributed by atoms with Gasteiger partial charge in [-0.25, -0.2) is 0 Å². The van der Waals surface area contributed by atoms with Crippen LogP contribution in [0, 0.1) is 5.41 Å². The van der Waals surface area contributed by atoms with Crippen molar-refractivity contribution in [2.75, 3.05) is 7.11 Å². The SMILES string of the molecule is COc1ccc2cc(CC(C)(C)C(=O)O)oc2c1. The molecule has 0 spiro atoms. The number of hydrogen-bond acceptors (Lipinski definition) is 3. The van der Waals surface area contributed by atoms with Crippen LogP contribution in [-0.4, -0.2) is 18.2 Å². The first-order valence-corrected chi connectivity index (χ1v) is 5.72. The lowest BCUT2D eigenvalue weighted by Gasteiger charge is -2.16. The number of carbonyl (C=O) groups is 1. The van der Waals surface area contributed by atoms with E-state index in [1.54, 1.807) is 27.0 Å². The molecule has 0 atom stereocenters. The van der Waals surface area contributed by atoms with Crippen molar-refractivity contribution in [3.8, 4) is 5.75 Å². The summed E-state index contributed by atoms with van der Waals surface area (Å²) in [5.74, 6) is 0.562. The third-order valence-corrected chi connectivity index (χ3v) is 2.97. The van der Waals surface area contributed by atoms with Gasteiger partial charge >= 0.3 is 5.97 Å². The van der Waals surface area contributed by atoms with Gasteiger partial charge in [-0.2, -0.15) is 0 Å². The maximum Gasteiger partial charge on any atom is 0.309 e. The van der Waals surface area contributed by atoms with Crippen molar-refractivity contribution in [3.05, 3.63) is 30.0 Å². The van der Waals surface area contributed by atoms with Crippen LogP contribution in [0.15, 0.2) is 28.7 Å². The van der Waals surface area contributed by atoms with Gasteiger partial charge < -0.3 is 14.3 Å². The fourth-order valence-electron chi connectivity index (χ4n) is 1.79. The van der Waals surface area contributed by atoms with E-state index in [1.165, 1.54) is 0 Å². The van der Waals surface area contributed by atoms with Crippen LogP contribution in [0.5, 0.6) is 5.75 Å². The molecule has 18 heavy (non-hydrogen) atoms. The Bertz CT molecular complexity index is 580. The number of furan rings is 1. The molecule has 0 aliphatic carbocycles. The second-order valence-electron chi connectivity index (χ2n) is 4.98. The highest BCUT2D eigenvalue weighted by Crippen LogP contribution is 2.28. The number of carboxylic acid groups (broad SMARTS) is 1. The van der Waals surface area contributed by atoms with Crippen LogP contribution < -0.4 is 4.74 Å². The molecule has 1 heterocycles. The van der Waals surface area contributed by atoms with E-state index in [0.29, 0.717) is 17.8 Å². The molecule has 4 heteroatoms. The van der Waals surface area contributed by atoms with Crippen molar-refractivity contribution in [3.63, 3.8) is 0 Å². The molecule has 96 valence electrons. The van der Waals surface area contributed by atoms with Gasteiger partial charge in [0.25, 0.3) is 0 Å². The lowest BCUT2D eigenvalue weighted by molar-refractivity contribution is -0.147. The first-order valence-electron chi connectivity index (χ1n) is 5.72. The number of benzene rings is 1. The third kappa shape index (κ3) is 2.32. The predicted octanol–water partition coefficient (Wildman–Crippen LogP) is 3.09. The molecule has 0 aliphatic rings. The monoisotopic (exact) mass is 248 g/mol. The van der Waals surface area contributed by atoms with Crippen molar-refractivity contribution >= 4 is 16.9 Å². The van der Waals surface area contributed by atoms with Crippen molar-refractivity contribution < 1.29 is 19.1 Å². The Morgan fingerprint density at radius 3 is 2.72 bits per heavy atom. The normalized spacial score (nSPS) is 11.7. The van der Waals surface area contributed by atoms with E-state index in [1.807, 2.05) is 18.2 Å². The van der Waals surface area contributed by atoms with Gasteiger partial charge in [-0.05, 0) is 32.0 Å². The van der Waals surface area contributed by atoms with Gasteiger partial charge in [-0.15, -0.1) is 0 Å². The number of methoxy groups -OCH3 is 1. The molecule has 2 rings (SSSR count). The van der Waals surface area contributed by atoms with E-state index in [0.717, 1.165) is 11.1 Å². The van der Waals surface area contributed by atoms with E-state index in [2.05, 4.69) is 0 Å². The first-order chi connectivity index (χ1) is 8.42. The Labute approximate surface area is 105 Å². The Morgan fingerprint density at radius 1 is 1.39 bits per heavy atom. The minimum absolute atomic E-state index is 0.360. The highest BCUT2D eigenvalue weighted by molar-refractivity contribution is 5.80. The van der Waals surface area contributed by atoms with Crippen LogP contribution in [0.3, 0.4) is 0 Å². The highest BCUT2D eigenvalue weighted by atomic mass is 16.5. The summed E-state index contributed by atoms with van der Waals surface area (Å²) >= 11 is 0. The molecule has 0 aliphatic heterocycles. The predicted molar refractivity (Wildman–Crippen MR) is 67.9 cm³/mol. The summed E-state index contributed by atoms with van der Waals surface area (Å²) in [6, 6.07) is 7.42. The van der Waals surface area contributed by atoms with Crippen molar-refractivity contribution in [1.29, 1.82) is 0 Å². The molecule has 0 bridgehead atoms. The van der Waals surface area contributed by atoms with Crippen LogP contribution in [0.1, 0.15) is 19.6 Å². The van der Waals surface area contributed by atoms with Gasteiger partial charge in [0.15, 0.2) is 0 Å². The number of carboxylic acids is 1. The highest BCUT2D eigenvalue weighted by Gasteiger charge is 2.28. The molecule has 0 unspecified atom stereocenters. The Balaban J connectivity index is 2.33. The number of fused-ring (bicyclic) bond motifs is 1. The molecule has 0 saturated carbocycles. The summed E-state index contributed by atoms with van der Waals surface area (Å²) in [6.07, 6.45) is 0.360. The molecule has 2 aromatic rings. The Kier molecular flexibility index (Phi) is 3.03. The topological polar surface area (TPSA) is 59.7 Å². The van der Waals surface area contributed by atoms with Crippen LogP contribution in [0.25, 0.3) is 11.0 Å². The molecular formula is C14H16O4. The molecule has 0 fully saturated rings. The van der Waals surface area contributed by atoms with Crippen molar-refractivity contribution in [2.45, 2.75) is 20.3 Å². The fraction of sp³-hybridized carbons (Fsp3) is 0.357. The molecule has 1 aromatic heterocycles. The average molecular weight is 248 g/mol. The van der Waals surface area contributed by atoms with Crippen LogP contribution in [0.2, 0.25) is 0 Å². The Morgan fingerprint density at radius 2 is 2.11 bits per heavy atom.